The lowest BCUT2D eigenvalue weighted by Gasteiger charge is -2.34. The zero-order valence-corrected chi connectivity index (χ0v) is 12.4. The van der Waals surface area contributed by atoms with Gasteiger partial charge in [-0.2, -0.15) is 0 Å². The van der Waals surface area contributed by atoms with Crippen molar-refractivity contribution < 1.29 is 14.3 Å². The Morgan fingerprint density at radius 2 is 1.96 bits per heavy atom. The maximum Gasteiger partial charge on any atom is 0.335 e. The molecule has 2 aromatic rings. The molecule has 0 unspecified atom stereocenters. The van der Waals surface area contributed by atoms with Gasteiger partial charge in [0.2, 0.25) is 5.95 Å². The molecule has 1 aromatic carbocycles. The van der Waals surface area contributed by atoms with Crippen molar-refractivity contribution in [1.29, 1.82) is 0 Å². The van der Waals surface area contributed by atoms with Crippen molar-refractivity contribution in [1.82, 2.24) is 9.97 Å². The van der Waals surface area contributed by atoms with E-state index in [4.69, 9.17) is 5.11 Å². The number of nitrogens with one attached hydrogen (secondary N) is 1. The summed E-state index contributed by atoms with van der Waals surface area (Å²) in [4.78, 5) is 21.1. The summed E-state index contributed by atoms with van der Waals surface area (Å²) in [5, 5.41) is 12.2. The van der Waals surface area contributed by atoms with E-state index in [1.165, 1.54) is 12.1 Å². The van der Waals surface area contributed by atoms with Gasteiger partial charge < -0.3 is 15.3 Å². The monoisotopic (exact) mass is 316 g/mol. The van der Waals surface area contributed by atoms with E-state index in [9.17, 15) is 9.18 Å². The number of aromatic carboxylic acids is 1. The first-order valence-corrected chi connectivity index (χ1v) is 7.45. The number of carboxylic acids is 1. The van der Waals surface area contributed by atoms with Crippen molar-refractivity contribution in [3.63, 3.8) is 0 Å². The van der Waals surface area contributed by atoms with Crippen LogP contribution in [0.3, 0.4) is 0 Å². The minimum atomic E-state index is -1.12. The summed E-state index contributed by atoms with van der Waals surface area (Å²) in [7, 11) is 0. The van der Waals surface area contributed by atoms with Crippen molar-refractivity contribution in [3.8, 4) is 0 Å². The molecule has 1 aromatic heterocycles. The van der Waals surface area contributed by atoms with Crippen LogP contribution < -0.4 is 10.2 Å². The molecule has 0 bridgehead atoms. The molecule has 23 heavy (non-hydrogen) atoms. The van der Waals surface area contributed by atoms with Gasteiger partial charge in [0.05, 0.1) is 11.3 Å². The number of nitrogens with zero attached hydrogens (tertiary/aromatic N) is 3. The van der Waals surface area contributed by atoms with Gasteiger partial charge in [-0.1, -0.05) is 0 Å². The molecule has 0 saturated carbocycles. The molecule has 0 radical (unpaired) electrons. The molecule has 1 fully saturated rings. The van der Waals surface area contributed by atoms with Crippen molar-refractivity contribution in [3.05, 3.63) is 48.0 Å². The smallest absolute Gasteiger partial charge is 0.335 e. The zero-order valence-electron chi connectivity index (χ0n) is 12.4. The molecule has 1 aliphatic rings. The van der Waals surface area contributed by atoms with E-state index < -0.39 is 11.8 Å². The van der Waals surface area contributed by atoms with Crippen LogP contribution in [0.5, 0.6) is 0 Å². The van der Waals surface area contributed by atoms with E-state index >= 15 is 0 Å². The Morgan fingerprint density at radius 1 is 1.26 bits per heavy atom. The van der Waals surface area contributed by atoms with Crippen molar-refractivity contribution in [2.45, 2.75) is 18.9 Å². The Balaban J connectivity index is 1.62. The maximum absolute atomic E-state index is 14.1. The third-order valence-corrected chi connectivity index (χ3v) is 3.93. The average Bonchev–Trinajstić information content (AvgIpc) is 2.56. The van der Waals surface area contributed by atoms with Crippen LogP contribution in [-0.4, -0.2) is 40.2 Å². The highest BCUT2D eigenvalue weighted by Gasteiger charge is 2.22. The van der Waals surface area contributed by atoms with Crippen LogP contribution in [-0.2, 0) is 0 Å². The van der Waals surface area contributed by atoms with E-state index in [1.54, 1.807) is 18.5 Å². The predicted octanol–water partition coefficient (Wildman–Crippen LogP) is 2.39. The predicted molar refractivity (Wildman–Crippen MR) is 84.2 cm³/mol. The van der Waals surface area contributed by atoms with Gasteiger partial charge in [0, 0.05) is 31.5 Å². The molecule has 6 nitrogen and oxygen atoms in total. The first-order chi connectivity index (χ1) is 11.1. The minimum absolute atomic E-state index is 0.0379. The van der Waals surface area contributed by atoms with Gasteiger partial charge in [-0.05, 0) is 37.1 Å². The Labute approximate surface area is 133 Å². The molecule has 7 heteroatoms. The van der Waals surface area contributed by atoms with Crippen LogP contribution in [0.1, 0.15) is 23.2 Å². The second-order valence-corrected chi connectivity index (χ2v) is 5.45. The average molecular weight is 316 g/mol. The number of halogens is 1. The van der Waals surface area contributed by atoms with Gasteiger partial charge in [0.25, 0.3) is 0 Å². The van der Waals surface area contributed by atoms with Crippen LogP contribution in [0, 0.1) is 5.82 Å². The Morgan fingerprint density at radius 3 is 2.57 bits per heavy atom. The van der Waals surface area contributed by atoms with Crippen molar-refractivity contribution in [2.75, 3.05) is 23.3 Å². The Bertz CT molecular complexity index is 688. The lowest BCUT2D eigenvalue weighted by molar-refractivity contribution is 0.0696. The highest BCUT2D eigenvalue weighted by molar-refractivity contribution is 5.88. The summed E-state index contributed by atoms with van der Waals surface area (Å²) >= 11 is 0. The molecule has 120 valence electrons. The molecule has 0 spiro atoms. The number of rotatable bonds is 4. The van der Waals surface area contributed by atoms with Crippen LogP contribution in [0.4, 0.5) is 16.0 Å². The lowest BCUT2D eigenvalue weighted by Crippen LogP contribution is -2.39. The molecule has 0 atom stereocenters. The number of aromatic nitrogens is 2. The number of carboxylic acid groups (broad SMARTS) is 1. The molecule has 0 aliphatic carbocycles. The van der Waals surface area contributed by atoms with Gasteiger partial charge >= 0.3 is 5.97 Å². The lowest BCUT2D eigenvalue weighted by atomic mass is 10.0. The van der Waals surface area contributed by atoms with Crippen LogP contribution in [0.25, 0.3) is 0 Å². The topological polar surface area (TPSA) is 78.4 Å². The van der Waals surface area contributed by atoms with Gasteiger partial charge in [-0.3, -0.25) is 0 Å². The number of hydrogen-bond donors (Lipinski definition) is 2. The summed E-state index contributed by atoms with van der Waals surface area (Å²) in [6, 6.07) is 6.04. The second kappa shape index (κ2) is 6.60. The fourth-order valence-electron chi connectivity index (χ4n) is 2.72. The van der Waals surface area contributed by atoms with E-state index in [0.29, 0.717) is 24.7 Å². The summed E-state index contributed by atoms with van der Waals surface area (Å²) < 4.78 is 14.1. The van der Waals surface area contributed by atoms with Crippen LogP contribution in [0.15, 0.2) is 36.7 Å². The third-order valence-electron chi connectivity index (χ3n) is 3.93. The summed E-state index contributed by atoms with van der Waals surface area (Å²) in [5.41, 5.74) is 0.411. The summed E-state index contributed by atoms with van der Waals surface area (Å²) in [6.07, 6.45) is 5.03. The largest absolute Gasteiger partial charge is 0.478 e. The van der Waals surface area contributed by atoms with E-state index in [-0.39, 0.29) is 11.6 Å². The third kappa shape index (κ3) is 3.56. The molecule has 3 rings (SSSR count). The van der Waals surface area contributed by atoms with E-state index in [1.807, 2.05) is 4.90 Å². The summed E-state index contributed by atoms with van der Waals surface area (Å²) in [5.74, 6) is -1.02. The molecule has 1 saturated heterocycles. The molecule has 2 N–H and O–H groups in total. The van der Waals surface area contributed by atoms with E-state index in [2.05, 4.69) is 15.3 Å². The van der Waals surface area contributed by atoms with Gasteiger partial charge in [0.15, 0.2) is 0 Å². The number of hydrogen-bond acceptors (Lipinski definition) is 5. The van der Waals surface area contributed by atoms with Gasteiger partial charge in [0.1, 0.15) is 5.82 Å². The van der Waals surface area contributed by atoms with Crippen molar-refractivity contribution in [2.24, 2.45) is 0 Å². The number of anilines is 2. The standard InChI is InChI=1S/C16H17FN4O2/c17-13-10-11(15(22)23)2-3-14(13)21-8-4-12(5-9-21)20-16-18-6-1-7-19-16/h1-3,6-7,10,12H,4-5,8-9H2,(H,22,23)(H,18,19,20). The molecular weight excluding hydrogens is 299 g/mol. The fourth-order valence-corrected chi connectivity index (χ4v) is 2.72. The maximum atomic E-state index is 14.1. The fraction of sp³-hybridized carbons (Fsp3) is 0.312. The molecule has 0 amide bonds. The number of piperidine rings is 1. The Kier molecular flexibility index (Phi) is 4.36. The normalized spacial score (nSPS) is 15.4. The SMILES string of the molecule is O=C(O)c1ccc(N2CCC(Nc3ncccn3)CC2)c(F)c1. The minimum Gasteiger partial charge on any atom is -0.478 e. The zero-order chi connectivity index (χ0) is 16.2. The highest BCUT2D eigenvalue weighted by atomic mass is 19.1. The quantitative estimate of drug-likeness (QED) is 0.902. The molecule has 1 aliphatic heterocycles. The van der Waals surface area contributed by atoms with Crippen molar-refractivity contribution >= 4 is 17.6 Å². The van der Waals surface area contributed by atoms with Crippen LogP contribution >= 0.6 is 0 Å². The van der Waals surface area contributed by atoms with Crippen LogP contribution in [0.2, 0.25) is 0 Å². The van der Waals surface area contributed by atoms with Gasteiger partial charge in [-0.25, -0.2) is 19.2 Å². The highest BCUT2D eigenvalue weighted by Crippen LogP contribution is 2.25. The molecular formula is C16H17FN4O2. The van der Waals surface area contributed by atoms with Gasteiger partial charge in [-0.15, -0.1) is 0 Å². The first kappa shape index (κ1) is 15.2. The number of benzene rings is 1. The first-order valence-electron chi connectivity index (χ1n) is 7.45. The van der Waals surface area contributed by atoms with E-state index in [0.717, 1.165) is 18.9 Å². The Hall–Kier alpha value is -2.70. The summed E-state index contributed by atoms with van der Waals surface area (Å²) in [6.45, 7) is 1.38. The number of carbonyl (C=O) groups is 1. The second-order valence-electron chi connectivity index (χ2n) is 5.45. The molecule has 2 heterocycles.